The maximum atomic E-state index is 5.96. The highest BCUT2D eigenvalue weighted by atomic mass is 15.2. The average Bonchev–Trinajstić information content (AvgIpc) is 2.25. The number of nitrogens with zero attached hydrogens (tertiary/aromatic N) is 2. The van der Waals surface area contributed by atoms with Crippen LogP contribution in [0.15, 0.2) is 18.3 Å². The molecule has 2 atom stereocenters. The highest BCUT2D eigenvalue weighted by molar-refractivity contribution is 5.12. The van der Waals surface area contributed by atoms with Crippen molar-refractivity contribution in [3.63, 3.8) is 0 Å². The number of aryl methyl sites for hydroxylation is 1. The van der Waals surface area contributed by atoms with Crippen molar-refractivity contribution < 1.29 is 0 Å². The van der Waals surface area contributed by atoms with E-state index in [1.165, 1.54) is 5.56 Å². The van der Waals surface area contributed by atoms with Gasteiger partial charge in [0, 0.05) is 31.4 Å². The Morgan fingerprint density at radius 1 is 1.50 bits per heavy atom. The molecule has 2 N–H and O–H groups in total. The van der Waals surface area contributed by atoms with Gasteiger partial charge in [0.2, 0.25) is 0 Å². The minimum absolute atomic E-state index is 0.386. The third kappa shape index (κ3) is 2.80. The molecule has 16 heavy (non-hydrogen) atoms. The molecule has 1 aliphatic heterocycles. The van der Waals surface area contributed by atoms with E-state index < -0.39 is 0 Å². The summed E-state index contributed by atoms with van der Waals surface area (Å²) in [6.07, 6.45) is 4.15. The maximum absolute atomic E-state index is 5.96. The molecule has 2 heterocycles. The summed E-state index contributed by atoms with van der Waals surface area (Å²) in [4.78, 5) is 6.93. The van der Waals surface area contributed by atoms with Gasteiger partial charge in [0.25, 0.3) is 0 Å². The fourth-order valence-corrected chi connectivity index (χ4v) is 2.29. The predicted molar refractivity (Wildman–Crippen MR) is 66.1 cm³/mol. The van der Waals surface area contributed by atoms with Crippen molar-refractivity contribution in [3.8, 4) is 0 Å². The van der Waals surface area contributed by atoms with Crippen LogP contribution in [-0.4, -0.2) is 28.5 Å². The lowest BCUT2D eigenvalue weighted by Gasteiger charge is -2.36. The first-order valence-corrected chi connectivity index (χ1v) is 6.06. The lowest BCUT2D eigenvalue weighted by atomic mass is 9.99. The van der Waals surface area contributed by atoms with E-state index in [2.05, 4.69) is 35.9 Å². The maximum Gasteiger partial charge on any atom is 0.0544 e. The Labute approximate surface area is 97.7 Å². The quantitative estimate of drug-likeness (QED) is 0.823. The first-order valence-electron chi connectivity index (χ1n) is 6.06. The summed E-state index contributed by atoms with van der Waals surface area (Å²) >= 11 is 0. The van der Waals surface area contributed by atoms with Gasteiger partial charge in [-0.3, -0.25) is 9.88 Å². The Bertz CT molecular complexity index is 334. The lowest BCUT2D eigenvalue weighted by Crippen LogP contribution is -2.45. The highest BCUT2D eigenvalue weighted by Crippen LogP contribution is 2.17. The molecule has 0 aromatic carbocycles. The van der Waals surface area contributed by atoms with Gasteiger partial charge in [-0.1, -0.05) is 6.07 Å². The van der Waals surface area contributed by atoms with Crippen molar-refractivity contribution in [2.45, 2.75) is 45.3 Å². The minimum atomic E-state index is 0.386. The number of pyridine rings is 1. The van der Waals surface area contributed by atoms with Crippen LogP contribution in [0.2, 0.25) is 0 Å². The van der Waals surface area contributed by atoms with E-state index in [9.17, 15) is 0 Å². The minimum Gasteiger partial charge on any atom is -0.328 e. The Kier molecular flexibility index (Phi) is 3.56. The predicted octanol–water partition coefficient (Wildman–Crippen LogP) is 1.70. The zero-order valence-corrected chi connectivity index (χ0v) is 10.2. The Morgan fingerprint density at radius 2 is 2.31 bits per heavy atom. The molecule has 0 radical (unpaired) electrons. The van der Waals surface area contributed by atoms with Crippen molar-refractivity contribution in [2.24, 2.45) is 5.73 Å². The average molecular weight is 219 g/mol. The second-order valence-corrected chi connectivity index (χ2v) is 4.93. The van der Waals surface area contributed by atoms with Gasteiger partial charge in [0.1, 0.15) is 0 Å². The summed E-state index contributed by atoms with van der Waals surface area (Å²) in [5.41, 5.74) is 8.34. The Morgan fingerprint density at radius 3 is 2.94 bits per heavy atom. The molecule has 0 saturated carbocycles. The van der Waals surface area contributed by atoms with E-state index in [0.717, 1.165) is 31.6 Å². The van der Waals surface area contributed by atoms with Crippen LogP contribution < -0.4 is 5.73 Å². The number of aromatic nitrogens is 1. The molecule has 3 nitrogen and oxygen atoms in total. The number of likely N-dealkylation sites (tertiary alicyclic amines) is 1. The van der Waals surface area contributed by atoms with Gasteiger partial charge >= 0.3 is 0 Å². The van der Waals surface area contributed by atoms with E-state index >= 15 is 0 Å². The first-order chi connectivity index (χ1) is 7.65. The second kappa shape index (κ2) is 4.93. The van der Waals surface area contributed by atoms with Crippen molar-refractivity contribution in [3.05, 3.63) is 29.6 Å². The molecule has 0 aliphatic carbocycles. The van der Waals surface area contributed by atoms with Crippen LogP contribution >= 0.6 is 0 Å². The van der Waals surface area contributed by atoms with Gasteiger partial charge in [-0.2, -0.15) is 0 Å². The van der Waals surface area contributed by atoms with Gasteiger partial charge in [0.15, 0.2) is 0 Å². The van der Waals surface area contributed by atoms with E-state index in [4.69, 9.17) is 5.73 Å². The standard InChI is InChI=1S/C13H21N3/c1-10-3-4-13(15-8-10)9-16-6-5-12(14)7-11(16)2/h3-4,8,11-12H,5-7,9,14H2,1-2H3. The topological polar surface area (TPSA) is 42.1 Å². The summed E-state index contributed by atoms with van der Waals surface area (Å²) < 4.78 is 0. The van der Waals surface area contributed by atoms with Crippen LogP contribution in [0.5, 0.6) is 0 Å². The number of nitrogens with two attached hydrogens (primary N) is 1. The summed E-state index contributed by atoms with van der Waals surface area (Å²) in [5.74, 6) is 0. The molecule has 1 aromatic rings. The molecule has 0 bridgehead atoms. The normalized spacial score (nSPS) is 26.9. The van der Waals surface area contributed by atoms with E-state index in [-0.39, 0.29) is 0 Å². The first kappa shape index (κ1) is 11.6. The van der Waals surface area contributed by atoms with Crippen LogP contribution in [0.4, 0.5) is 0 Å². The third-order valence-corrected chi connectivity index (χ3v) is 3.39. The van der Waals surface area contributed by atoms with Gasteiger partial charge in [-0.25, -0.2) is 0 Å². The largest absolute Gasteiger partial charge is 0.328 e. The van der Waals surface area contributed by atoms with Gasteiger partial charge in [-0.05, 0) is 38.3 Å². The summed E-state index contributed by atoms with van der Waals surface area (Å²) in [7, 11) is 0. The number of hydrogen-bond donors (Lipinski definition) is 1. The summed E-state index contributed by atoms with van der Waals surface area (Å²) in [5, 5.41) is 0. The van der Waals surface area contributed by atoms with Crippen LogP contribution in [0.25, 0.3) is 0 Å². The molecular formula is C13H21N3. The molecule has 1 saturated heterocycles. The van der Waals surface area contributed by atoms with E-state index in [1.54, 1.807) is 0 Å². The molecule has 1 aromatic heterocycles. The van der Waals surface area contributed by atoms with Gasteiger partial charge in [0.05, 0.1) is 5.69 Å². The van der Waals surface area contributed by atoms with E-state index in [0.29, 0.717) is 12.1 Å². The summed E-state index contributed by atoms with van der Waals surface area (Å²) in [6, 6.07) is 5.21. The van der Waals surface area contributed by atoms with Crippen molar-refractivity contribution >= 4 is 0 Å². The monoisotopic (exact) mass is 219 g/mol. The van der Waals surface area contributed by atoms with Crippen LogP contribution in [-0.2, 0) is 6.54 Å². The van der Waals surface area contributed by atoms with Crippen molar-refractivity contribution in [1.82, 2.24) is 9.88 Å². The van der Waals surface area contributed by atoms with E-state index in [1.807, 2.05) is 6.20 Å². The fourth-order valence-electron chi connectivity index (χ4n) is 2.29. The molecule has 0 amide bonds. The fraction of sp³-hybridized carbons (Fsp3) is 0.615. The molecule has 1 fully saturated rings. The SMILES string of the molecule is Cc1ccc(CN2CCC(N)CC2C)nc1. The van der Waals surface area contributed by atoms with Crippen LogP contribution in [0, 0.1) is 6.92 Å². The van der Waals surface area contributed by atoms with Crippen LogP contribution in [0.3, 0.4) is 0 Å². The van der Waals surface area contributed by atoms with Gasteiger partial charge < -0.3 is 5.73 Å². The zero-order valence-electron chi connectivity index (χ0n) is 10.2. The lowest BCUT2D eigenvalue weighted by molar-refractivity contribution is 0.138. The number of hydrogen-bond acceptors (Lipinski definition) is 3. The van der Waals surface area contributed by atoms with Gasteiger partial charge in [-0.15, -0.1) is 0 Å². The zero-order chi connectivity index (χ0) is 11.5. The smallest absolute Gasteiger partial charge is 0.0544 e. The molecule has 3 heteroatoms. The Hall–Kier alpha value is -0.930. The van der Waals surface area contributed by atoms with Crippen LogP contribution in [0.1, 0.15) is 31.0 Å². The number of piperidine rings is 1. The molecule has 88 valence electrons. The second-order valence-electron chi connectivity index (χ2n) is 4.93. The molecule has 0 spiro atoms. The molecule has 2 rings (SSSR count). The molecule has 1 aliphatic rings. The van der Waals surface area contributed by atoms with Crippen molar-refractivity contribution in [1.29, 1.82) is 0 Å². The summed E-state index contributed by atoms with van der Waals surface area (Å²) in [6.45, 7) is 6.37. The number of rotatable bonds is 2. The molecular weight excluding hydrogens is 198 g/mol. The third-order valence-electron chi connectivity index (χ3n) is 3.39. The Balaban J connectivity index is 1.96. The van der Waals surface area contributed by atoms with Crippen molar-refractivity contribution in [2.75, 3.05) is 6.54 Å². The molecule has 2 unspecified atom stereocenters. The highest BCUT2D eigenvalue weighted by Gasteiger charge is 2.23.